The SMILES string of the molecule is CCSCC1=C(C(=O)O)N2C(=O)C(N)[C@H]2SC1. The molecule has 0 bridgehead atoms. The summed E-state index contributed by atoms with van der Waals surface area (Å²) in [6, 6.07) is -0.547. The molecule has 2 atom stereocenters. The van der Waals surface area contributed by atoms with Gasteiger partial charge in [0.15, 0.2) is 0 Å². The van der Waals surface area contributed by atoms with Gasteiger partial charge in [-0.3, -0.25) is 9.69 Å². The van der Waals surface area contributed by atoms with Gasteiger partial charge in [-0.15, -0.1) is 11.8 Å². The van der Waals surface area contributed by atoms with Crippen LogP contribution in [0, 0.1) is 0 Å². The number of carbonyl (C=O) groups excluding carboxylic acids is 1. The highest BCUT2D eigenvalue weighted by Crippen LogP contribution is 2.40. The first kappa shape index (κ1) is 12.8. The number of amides is 1. The predicted molar refractivity (Wildman–Crippen MR) is 68.7 cm³/mol. The highest BCUT2D eigenvalue weighted by Gasteiger charge is 2.51. The van der Waals surface area contributed by atoms with Gasteiger partial charge in [0.25, 0.3) is 0 Å². The van der Waals surface area contributed by atoms with Crippen LogP contribution in [-0.2, 0) is 9.59 Å². The van der Waals surface area contributed by atoms with Crippen molar-refractivity contribution in [2.24, 2.45) is 5.73 Å². The van der Waals surface area contributed by atoms with Crippen LogP contribution in [0.3, 0.4) is 0 Å². The third-order valence-electron chi connectivity index (χ3n) is 2.77. The van der Waals surface area contributed by atoms with Crippen LogP contribution < -0.4 is 5.73 Å². The van der Waals surface area contributed by atoms with E-state index in [4.69, 9.17) is 5.73 Å². The van der Waals surface area contributed by atoms with Gasteiger partial charge in [-0.1, -0.05) is 6.92 Å². The second kappa shape index (κ2) is 4.91. The molecule has 7 heteroatoms. The highest BCUT2D eigenvalue weighted by molar-refractivity contribution is 8.01. The van der Waals surface area contributed by atoms with E-state index in [1.54, 1.807) is 23.5 Å². The van der Waals surface area contributed by atoms with Crippen molar-refractivity contribution in [3.8, 4) is 0 Å². The van der Waals surface area contributed by atoms with Gasteiger partial charge in [0.2, 0.25) is 5.91 Å². The number of hydrogen-bond acceptors (Lipinski definition) is 5. The van der Waals surface area contributed by atoms with Gasteiger partial charge in [0, 0.05) is 11.5 Å². The number of hydrogen-bond donors (Lipinski definition) is 2. The first-order valence-corrected chi connectivity index (χ1v) is 7.51. The monoisotopic (exact) mass is 274 g/mol. The molecule has 0 aromatic heterocycles. The number of carbonyl (C=O) groups is 2. The second-order valence-electron chi connectivity index (χ2n) is 3.83. The molecule has 1 amide bonds. The number of thioether (sulfide) groups is 2. The first-order chi connectivity index (χ1) is 8.07. The summed E-state index contributed by atoms with van der Waals surface area (Å²) in [5.41, 5.74) is 6.63. The van der Waals surface area contributed by atoms with Gasteiger partial charge < -0.3 is 10.8 Å². The zero-order valence-electron chi connectivity index (χ0n) is 9.38. The fourth-order valence-electron chi connectivity index (χ4n) is 1.92. The number of nitrogens with two attached hydrogens (primary N) is 1. The lowest BCUT2D eigenvalue weighted by Crippen LogP contribution is -2.68. The van der Waals surface area contributed by atoms with Crippen molar-refractivity contribution in [1.29, 1.82) is 0 Å². The Morgan fingerprint density at radius 2 is 2.41 bits per heavy atom. The van der Waals surface area contributed by atoms with Crippen LogP contribution in [0.25, 0.3) is 0 Å². The normalized spacial score (nSPS) is 27.9. The molecule has 5 nitrogen and oxygen atoms in total. The van der Waals surface area contributed by atoms with E-state index in [0.29, 0.717) is 11.5 Å². The Morgan fingerprint density at radius 3 is 3.00 bits per heavy atom. The summed E-state index contributed by atoms with van der Waals surface area (Å²) < 4.78 is 0. The maximum atomic E-state index is 11.6. The van der Waals surface area contributed by atoms with Gasteiger partial charge >= 0.3 is 5.97 Å². The summed E-state index contributed by atoms with van der Waals surface area (Å²) in [7, 11) is 0. The Hall–Kier alpha value is -0.660. The van der Waals surface area contributed by atoms with Crippen molar-refractivity contribution < 1.29 is 14.7 Å². The molecule has 3 N–H and O–H groups in total. The smallest absolute Gasteiger partial charge is 0.352 e. The zero-order chi connectivity index (χ0) is 12.6. The van der Waals surface area contributed by atoms with E-state index in [9.17, 15) is 14.7 Å². The lowest BCUT2D eigenvalue weighted by atomic mass is 10.0. The lowest BCUT2D eigenvalue weighted by Gasteiger charge is -2.48. The minimum Gasteiger partial charge on any atom is -0.477 e. The number of fused-ring (bicyclic) bond motifs is 1. The van der Waals surface area contributed by atoms with E-state index in [0.717, 1.165) is 11.3 Å². The average Bonchev–Trinajstić information content (AvgIpc) is 2.33. The summed E-state index contributed by atoms with van der Waals surface area (Å²) in [6.07, 6.45) is 0. The predicted octanol–water partition coefficient (Wildman–Crippen LogP) is 0.321. The minimum absolute atomic E-state index is 0.154. The molecule has 2 aliphatic rings. The van der Waals surface area contributed by atoms with Crippen molar-refractivity contribution in [3.05, 3.63) is 11.3 Å². The Labute approximate surface area is 108 Å². The Kier molecular flexibility index (Phi) is 3.70. The molecule has 1 unspecified atom stereocenters. The molecule has 0 aliphatic carbocycles. The maximum absolute atomic E-state index is 11.6. The van der Waals surface area contributed by atoms with Crippen LogP contribution in [0.5, 0.6) is 0 Å². The lowest BCUT2D eigenvalue weighted by molar-refractivity contribution is -0.147. The molecule has 2 heterocycles. The average molecular weight is 274 g/mol. The summed E-state index contributed by atoms with van der Waals surface area (Å²) in [5.74, 6) is 0.937. The molecule has 0 aromatic carbocycles. The van der Waals surface area contributed by atoms with Crippen LogP contribution >= 0.6 is 23.5 Å². The summed E-state index contributed by atoms with van der Waals surface area (Å²) in [6.45, 7) is 2.02. The molecule has 0 aromatic rings. The van der Waals surface area contributed by atoms with Gasteiger partial charge in [-0.05, 0) is 11.3 Å². The number of nitrogens with zero attached hydrogens (tertiary/aromatic N) is 1. The first-order valence-electron chi connectivity index (χ1n) is 5.31. The maximum Gasteiger partial charge on any atom is 0.352 e. The number of carboxylic acid groups (broad SMARTS) is 1. The fraction of sp³-hybridized carbons (Fsp3) is 0.600. The summed E-state index contributed by atoms with van der Waals surface area (Å²) >= 11 is 3.21. The molecule has 0 saturated carbocycles. The van der Waals surface area contributed by atoms with Crippen LogP contribution in [0.15, 0.2) is 11.3 Å². The molecule has 2 rings (SSSR count). The molecule has 2 aliphatic heterocycles. The van der Waals surface area contributed by atoms with Crippen LogP contribution in [0.4, 0.5) is 0 Å². The Morgan fingerprint density at radius 1 is 1.71 bits per heavy atom. The van der Waals surface area contributed by atoms with E-state index < -0.39 is 12.0 Å². The van der Waals surface area contributed by atoms with E-state index in [1.165, 1.54) is 4.90 Å². The summed E-state index contributed by atoms with van der Waals surface area (Å²) in [5, 5.41) is 9.03. The van der Waals surface area contributed by atoms with Crippen molar-refractivity contribution in [1.82, 2.24) is 4.90 Å². The standard InChI is InChI=1S/C10H14N2O3S2/c1-2-16-3-5-4-17-9-6(11)8(13)12(9)7(5)10(14)15/h6,9H,2-4,11H2,1H3,(H,14,15)/t6?,9-/m1/s1. The Balaban J connectivity index is 2.26. The quantitative estimate of drug-likeness (QED) is 0.718. The molecule has 94 valence electrons. The van der Waals surface area contributed by atoms with Crippen LogP contribution in [-0.4, -0.2) is 50.6 Å². The van der Waals surface area contributed by atoms with E-state index in [-0.39, 0.29) is 17.0 Å². The van der Waals surface area contributed by atoms with Crippen molar-refractivity contribution in [2.45, 2.75) is 18.3 Å². The molecular weight excluding hydrogens is 260 g/mol. The fourth-order valence-corrected chi connectivity index (χ4v) is 4.03. The largest absolute Gasteiger partial charge is 0.477 e. The zero-order valence-corrected chi connectivity index (χ0v) is 11.0. The third kappa shape index (κ3) is 2.07. The van der Waals surface area contributed by atoms with Gasteiger partial charge in [0.1, 0.15) is 17.1 Å². The van der Waals surface area contributed by atoms with Gasteiger partial charge in [-0.2, -0.15) is 11.8 Å². The summed E-state index contributed by atoms with van der Waals surface area (Å²) in [4.78, 5) is 24.2. The molecule has 0 radical (unpaired) electrons. The van der Waals surface area contributed by atoms with Crippen LogP contribution in [0.2, 0.25) is 0 Å². The second-order valence-corrected chi connectivity index (χ2v) is 6.21. The van der Waals surface area contributed by atoms with Crippen molar-refractivity contribution in [2.75, 3.05) is 17.3 Å². The van der Waals surface area contributed by atoms with E-state index >= 15 is 0 Å². The Bertz CT molecular complexity index is 397. The number of rotatable bonds is 4. The highest BCUT2D eigenvalue weighted by atomic mass is 32.2. The molecule has 0 spiro atoms. The topological polar surface area (TPSA) is 83.6 Å². The van der Waals surface area contributed by atoms with E-state index in [2.05, 4.69) is 0 Å². The van der Waals surface area contributed by atoms with Crippen LogP contribution in [0.1, 0.15) is 6.92 Å². The number of carboxylic acids is 1. The van der Waals surface area contributed by atoms with E-state index in [1.807, 2.05) is 6.92 Å². The molecular formula is C10H14N2O3S2. The third-order valence-corrected chi connectivity index (χ3v) is 5.09. The van der Waals surface area contributed by atoms with Crippen molar-refractivity contribution in [3.63, 3.8) is 0 Å². The molecule has 1 saturated heterocycles. The number of aliphatic carboxylic acids is 1. The molecule has 17 heavy (non-hydrogen) atoms. The van der Waals surface area contributed by atoms with Crippen molar-refractivity contribution >= 4 is 35.4 Å². The number of β-lactam (4-membered cyclic amide) rings is 1. The van der Waals surface area contributed by atoms with Gasteiger partial charge in [0.05, 0.1) is 0 Å². The minimum atomic E-state index is -1.03. The van der Waals surface area contributed by atoms with Gasteiger partial charge in [-0.25, -0.2) is 4.79 Å². The molecule has 1 fully saturated rings.